The Morgan fingerprint density at radius 2 is 1.81 bits per heavy atom. The summed E-state index contributed by atoms with van der Waals surface area (Å²) in [5, 5.41) is 5.51. The normalized spacial score (nSPS) is 13.1. The molecular weight excluding hydrogens is 320 g/mol. The lowest BCUT2D eigenvalue weighted by atomic mass is 10.0. The molecule has 1 N–H and O–H groups in total. The van der Waals surface area contributed by atoms with Gasteiger partial charge in [0.05, 0.1) is 0 Å². The quantitative estimate of drug-likeness (QED) is 0.694. The van der Waals surface area contributed by atoms with Gasteiger partial charge in [-0.1, -0.05) is 45.9 Å². The Morgan fingerprint density at radius 3 is 2.35 bits per heavy atom. The minimum atomic E-state index is 0.0361. The highest BCUT2D eigenvalue weighted by atomic mass is 16.1. The molecule has 0 heterocycles. The average molecular weight is 359 g/mol. The van der Waals surface area contributed by atoms with Crippen molar-refractivity contribution in [2.75, 3.05) is 26.2 Å². The monoisotopic (exact) mass is 358 g/mol. The third-order valence-electron chi connectivity index (χ3n) is 4.68. The van der Waals surface area contributed by atoms with Gasteiger partial charge in [0, 0.05) is 18.7 Å². The molecule has 26 heavy (non-hydrogen) atoms. The van der Waals surface area contributed by atoms with Gasteiger partial charge < -0.3 is 10.2 Å². The lowest BCUT2D eigenvalue weighted by Crippen LogP contribution is -2.37. The van der Waals surface area contributed by atoms with Gasteiger partial charge >= 0.3 is 0 Å². The van der Waals surface area contributed by atoms with E-state index >= 15 is 0 Å². The van der Waals surface area contributed by atoms with E-state index in [-0.39, 0.29) is 5.91 Å². The highest BCUT2D eigenvalue weighted by Crippen LogP contribution is 2.03. The number of hydrogen-bond acceptors (Lipinski definition) is 2. The highest BCUT2D eigenvalue weighted by Gasteiger charge is 2.10. The molecule has 0 aliphatic heterocycles. The van der Waals surface area contributed by atoms with E-state index in [1.807, 2.05) is 13.0 Å². The Bertz CT molecular complexity index is 670. The van der Waals surface area contributed by atoms with Crippen LogP contribution in [0.2, 0.25) is 0 Å². The molecule has 0 aliphatic rings. The fraction of sp³-hybridized carbons (Fsp3) is 0.609. The van der Waals surface area contributed by atoms with E-state index in [0.29, 0.717) is 12.5 Å². The standard InChI is InChI=1S/C23H38N2O/c1-7-15-25(16-8-2)17-14-24-23(26)22-13-12-20(11-10-18(4)5)21(9-3)19(22)6/h9,11-13,18H,7-8,10,14-17H2,1-6H3,(H,24,26)/b20-11+,21-9-. The van der Waals surface area contributed by atoms with Crippen LogP contribution in [0.1, 0.15) is 69.8 Å². The maximum absolute atomic E-state index is 12.7. The van der Waals surface area contributed by atoms with Gasteiger partial charge in [0.2, 0.25) is 0 Å². The summed E-state index contributed by atoms with van der Waals surface area (Å²) < 4.78 is 0. The molecule has 0 fully saturated rings. The van der Waals surface area contributed by atoms with E-state index in [1.54, 1.807) is 0 Å². The first kappa shape index (κ1) is 22.4. The molecule has 0 aromatic heterocycles. The van der Waals surface area contributed by atoms with Gasteiger partial charge in [-0.2, -0.15) is 0 Å². The molecule has 0 radical (unpaired) electrons. The number of rotatable bonds is 10. The van der Waals surface area contributed by atoms with Crippen molar-refractivity contribution < 1.29 is 4.79 Å². The Balaban J connectivity index is 2.85. The maximum atomic E-state index is 12.7. The van der Waals surface area contributed by atoms with Gasteiger partial charge in [0.1, 0.15) is 0 Å². The van der Waals surface area contributed by atoms with Crippen molar-refractivity contribution in [3.63, 3.8) is 0 Å². The van der Waals surface area contributed by atoms with E-state index in [4.69, 9.17) is 0 Å². The van der Waals surface area contributed by atoms with E-state index in [1.165, 1.54) is 10.4 Å². The second-order valence-corrected chi connectivity index (χ2v) is 7.46. The molecule has 0 saturated carbocycles. The molecule has 146 valence electrons. The van der Waals surface area contributed by atoms with Crippen LogP contribution in [0.25, 0.3) is 12.2 Å². The second kappa shape index (κ2) is 11.9. The molecular formula is C23H38N2O. The molecule has 1 amide bonds. The predicted molar refractivity (Wildman–Crippen MR) is 114 cm³/mol. The number of nitrogens with zero attached hydrogens (tertiary/aromatic N) is 1. The van der Waals surface area contributed by atoms with Gasteiger partial charge in [0.25, 0.3) is 5.91 Å². The summed E-state index contributed by atoms with van der Waals surface area (Å²) >= 11 is 0. The molecule has 0 saturated heterocycles. The summed E-state index contributed by atoms with van der Waals surface area (Å²) in [6.07, 6.45) is 7.75. The summed E-state index contributed by atoms with van der Waals surface area (Å²) in [4.78, 5) is 15.1. The van der Waals surface area contributed by atoms with Gasteiger partial charge in [-0.25, -0.2) is 0 Å². The van der Waals surface area contributed by atoms with Crippen LogP contribution >= 0.6 is 0 Å². The molecule has 0 atom stereocenters. The molecule has 1 rings (SSSR count). The molecule has 3 heteroatoms. The van der Waals surface area contributed by atoms with Gasteiger partial charge in [-0.3, -0.25) is 4.79 Å². The third-order valence-corrected chi connectivity index (χ3v) is 4.68. The summed E-state index contributed by atoms with van der Waals surface area (Å²) in [5.41, 5.74) is 1.86. The molecule has 1 aromatic rings. The lowest BCUT2D eigenvalue weighted by molar-refractivity contribution is 0.0947. The largest absolute Gasteiger partial charge is 0.351 e. The van der Waals surface area contributed by atoms with E-state index in [9.17, 15) is 4.79 Å². The van der Waals surface area contributed by atoms with Gasteiger partial charge in [0.15, 0.2) is 0 Å². The Labute approximate surface area is 160 Å². The van der Waals surface area contributed by atoms with Crippen molar-refractivity contribution in [3.8, 4) is 0 Å². The fourth-order valence-electron chi connectivity index (χ4n) is 3.31. The third kappa shape index (κ3) is 6.95. The number of benzene rings is 1. The first-order valence-electron chi connectivity index (χ1n) is 10.2. The Morgan fingerprint density at radius 1 is 1.15 bits per heavy atom. The fourth-order valence-corrected chi connectivity index (χ4v) is 3.31. The first-order chi connectivity index (χ1) is 12.4. The van der Waals surface area contributed by atoms with Crippen LogP contribution in [0, 0.1) is 12.8 Å². The van der Waals surface area contributed by atoms with Crippen molar-refractivity contribution in [1.29, 1.82) is 0 Å². The van der Waals surface area contributed by atoms with E-state index in [2.05, 4.69) is 63.1 Å². The first-order valence-corrected chi connectivity index (χ1v) is 10.2. The summed E-state index contributed by atoms with van der Waals surface area (Å²) in [6, 6.07) is 4.06. The van der Waals surface area contributed by atoms with Crippen LogP contribution in [0.15, 0.2) is 12.1 Å². The zero-order chi connectivity index (χ0) is 19.5. The smallest absolute Gasteiger partial charge is 0.251 e. The predicted octanol–water partition coefficient (Wildman–Crippen LogP) is 3.47. The van der Waals surface area contributed by atoms with Crippen LogP contribution in [-0.4, -0.2) is 37.0 Å². The van der Waals surface area contributed by atoms with Crippen LogP contribution in [0.4, 0.5) is 0 Å². The second-order valence-electron chi connectivity index (χ2n) is 7.46. The molecule has 0 aliphatic carbocycles. The number of hydrogen-bond donors (Lipinski definition) is 1. The van der Waals surface area contributed by atoms with Crippen molar-refractivity contribution in [2.24, 2.45) is 5.92 Å². The summed E-state index contributed by atoms with van der Waals surface area (Å²) in [7, 11) is 0. The number of carbonyl (C=O) groups is 1. The van der Waals surface area contributed by atoms with Crippen molar-refractivity contribution >= 4 is 18.1 Å². The van der Waals surface area contributed by atoms with Crippen LogP contribution in [0.3, 0.4) is 0 Å². The number of carbonyl (C=O) groups excluding carboxylic acids is 1. The zero-order valence-electron chi connectivity index (χ0n) is 17.7. The van der Waals surface area contributed by atoms with E-state index < -0.39 is 0 Å². The zero-order valence-corrected chi connectivity index (χ0v) is 17.7. The minimum Gasteiger partial charge on any atom is -0.351 e. The molecule has 0 unspecified atom stereocenters. The average Bonchev–Trinajstić information content (AvgIpc) is 2.60. The van der Waals surface area contributed by atoms with Gasteiger partial charge in [-0.05, 0) is 74.2 Å². The molecule has 0 bridgehead atoms. The van der Waals surface area contributed by atoms with Crippen molar-refractivity contribution in [2.45, 2.75) is 60.8 Å². The van der Waals surface area contributed by atoms with Crippen LogP contribution in [0.5, 0.6) is 0 Å². The number of nitrogens with one attached hydrogen (secondary N) is 1. The molecule has 0 spiro atoms. The summed E-state index contributed by atoms with van der Waals surface area (Å²) in [5.74, 6) is 0.672. The summed E-state index contributed by atoms with van der Waals surface area (Å²) in [6.45, 7) is 16.8. The topological polar surface area (TPSA) is 32.3 Å². The van der Waals surface area contributed by atoms with Gasteiger partial charge in [-0.15, -0.1) is 0 Å². The lowest BCUT2D eigenvalue weighted by Gasteiger charge is -2.21. The number of amides is 1. The molecule has 3 nitrogen and oxygen atoms in total. The van der Waals surface area contributed by atoms with Crippen molar-refractivity contribution in [3.05, 3.63) is 33.7 Å². The van der Waals surface area contributed by atoms with E-state index in [0.717, 1.165) is 50.0 Å². The Hall–Kier alpha value is -1.61. The highest BCUT2D eigenvalue weighted by molar-refractivity contribution is 5.95. The van der Waals surface area contributed by atoms with Crippen LogP contribution in [-0.2, 0) is 0 Å². The van der Waals surface area contributed by atoms with Crippen LogP contribution < -0.4 is 15.8 Å². The molecule has 1 aromatic carbocycles. The van der Waals surface area contributed by atoms with Crippen molar-refractivity contribution in [1.82, 2.24) is 10.2 Å². The minimum absolute atomic E-state index is 0.0361. The maximum Gasteiger partial charge on any atom is 0.251 e. The SMILES string of the molecule is C/C=c1/c(C)c(C(=O)NCCN(CCC)CCC)cc/c1=C\CC(C)C. The Kier molecular flexibility index (Phi) is 10.3.